The Morgan fingerprint density at radius 2 is 2.14 bits per heavy atom. The van der Waals surface area contributed by atoms with Crippen LogP contribution < -0.4 is 10.1 Å². The molecule has 0 unspecified atom stereocenters. The first-order valence-corrected chi connectivity index (χ1v) is 8.25. The molecule has 114 valence electrons. The van der Waals surface area contributed by atoms with Crippen molar-refractivity contribution in [1.29, 1.82) is 0 Å². The fourth-order valence-corrected chi connectivity index (χ4v) is 3.25. The molecule has 2 aromatic rings. The van der Waals surface area contributed by atoms with Gasteiger partial charge in [-0.05, 0) is 18.5 Å². The number of ether oxygens (including phenoxy) is 1. The minimum absolute atomic E-state index is 0.650. The second-order valence-corrected chi connectivity index (χ2v) is 6.06. The van der Waals surface area contributed by atoms with Gasteiger partial charge in [-0.2, -0.15) is 0 Å². The van der Waals surface area contributed by atoms with E-state index in [1.165, 1.54) is 21.1 Å². The molecule has 0 spiro atoms. The summed E-state index contributed by atoms with van der Waals surface area (Å²) in [6, 6.07) is 3.95. The lowest BCUT2D eigenvalue weighted by atomic mass is 10.2. The summed E-state index contributed by atoms with van der Waals surface area (Å²) >= 11 is 1.81. The molecule has 5 heteroatoms. The fourth-order valence-electron chi connectivity index (χ4n) is 2.13. The lowest BCUT2D eigenvalue weighted by Gasteiger charge is -2.00. The van der Waals surface area contributed by atoms with Gasteiger partial charge in [-0.25, -0.2) is 9.97 Å². The van der Waals surface area contributed by atoms with Crippen molar-refractivity contribution in [1.82, 2.24) is 15.3 Å². The highest BCUT2D eigenvalue weighted by Crippen LogP contribution is 2.22. The number of hydrogen-bond acceptors (Lipinski definition) is 5. The predicted molar refractivity (Wildman–Crippen MR) is 87.1 cm³/mol. The van der Waals surface area contributed by atoms with E-state index in [1.807, 2.05) is 23.6 Å². The second-order valence-electron chi connectivity index (χ2n) is 4.89. The molecular weight excluding hydrogens is 282 g/mol. The number of hydrogen-bond donors (Lipinski definition) is 1. The van der Waals surface area contributed by atoms with Gasteiger partial charge in [0.25, 0.3) is 0 Å². The van der Waals surface area contributed by atoms with E-state index >= 15 is 0 Å². The van der Waals surface area contributed by atoms with Crippen molar-refractivity contribution in [2.75, 3.05) is 13.7 Å². The second kappa shape index (κ2) is 8.10. The molecule has 0 bridgehead atoms. The van der Waals surface area contributed by atoms with Crippen molar-refractivity contribution in [3.05, 3.63) is 39.5 Å². The molecule has 21 heavy (non-hydrogen) atoms. The number of aryl methyl sites for hydroxylation is 1. The van der Waals surface area contributed by atoms with Gasteiger partial charge in [0.2, 0.25) is 5.88 Å². The normalized spacial score (nSPS) is 10.8. The van der Waals surface area contributed by atoms with E-state index < -0.39 is 0 Å². The average molecular weight is 305 g/mol. The molecule has 0 aliphatic carbocycles. The monoisotopic (exact) mass is 305 g/mol. The minimum atomic E-state index is 0.650. The molecule has 2 heterocycles. The third-order valence-corrected chi connectivity index (χ3v) is 4.30. The Hall–Kier alpha value is -1.46. The molecule has 0 radical (unpaired) electrons. The Labute approximate surface area is 130 Å². The van der Waals surface area contributed by atoms with Crippen LogP contribution >= 0.6 is 11.3 Å². The third kappa shape index (κ3) is 4.51. The maximum atomic E-state index is 5.09. The molecule has 0 atom stereocenters. The van der Waals surface area contributed by atoms with E-state index in [4.69, 9.17) is 9.72 Å². The van der Waals surface area contributed by atoms with Gasteiger partial charge in [-0.1, -0.05) is 26.3 Å². The molecule has 0 aromatic carbocycles. The molecule has 1 N–H and O–H groups in total. The molecule has 0 saturated heterocycles. The van der Waals surface area contributed by atoms with Crippen molar-refractivity contribution >= 4 is 11.3 Å². The lowest BCUT2D eigenvalue weighted by molar-refractivity contribution is 0.397. The summed E-state index contributed by atoms with van der Waals surface area (Å²) in [4.78, 5) is 10.4. The number of nitrogens with one attached hydrogen (secondary N) is 1. The zero-order chi connectivity index (χ0) is 15.1. The van der Waals surface area contributed by atoms with Crippen LogP contribution in [0.25, 0.3) is 0 Å². The quantitative estimate of drug-likeness (QED) is 0.813. The van der Waals surface area contributed by atoms with Gasteiger partial charge >= 0.3 is 0 Å². The molecular formula is C16H23N3OS. The number of pyridine rings is 1. The van der Waals surface area contributed by atoms with Crippen LogP contribution in [-0.2, 0) is 19.4 Å². The van der Waals surface area contributed by atoms with Crippen molar-refractivity contribution in [2.24, 2.45) is 0 Å². The zero-order valence-electron chi connectivity index (χ0n) is 13.0. The standard InChI is InChI=1S/C16H23N3OS/c1-4-6-13-14(11-17-5-2)21-16(19-13)9-12-7-8-15(20-3)18-10-12/h7-8,10,17H,4-6,9,11H2,1-3H3. The first-order chi connectivity index (χ1) is 10.3. The highest BCUT2D eigenvalue weighted by Gasteiger charge is 2.11. The van der Waals surface area contributed by atoms with E-state index in [2.05, 4.69) is 30.2 Å². The molecule has 0 saturated carbocycles. The number of nitrogens with zero attached hydrogens (tertiary/aromatic N) is 2. The topological polar surface area (TPSA) is 47.0 Å². The van der Waals surface area contributed by atoms with Crippen LogP contribution in [0.5, 0.6) is 5.88 Å². The van der Waals surface area contributed by atoms with Gasteiger partial charge in [0, 0.05) is 30.1 Å². The van der Waals surface area contributed by atoms with Crippen LogP contribution in [-0.4, -0.2) is 23.6 Å². The Kier molecular flexibility index (Phi) is 6.14. The zero-order valence-corrected chi connectivity index (χ0v) is 13.8. The first kappa shape index (κ1) is 15.9. The van der Waals surface area contributed by atoms with Crippen molar-refractivity contribution in [3.63, 3.8) is 0 Å². The van der Waals surface area contributed by atoms with E-state index in [1.54, 1.807) is 7.11 Å². The van der Waals surface area contributed by atoms with Crippen LogP contribution in [0.2, 0.25) is 0 Å². The summed E-state index contributed by atoms with van der Waals surface area (Å²) in [5.41, 5.74) is 2.42. The van der Waals surface area contributed by atoms with Gasteiger partial charge in [0.05, 0.1) is 17.8 Å². The smallest absolute Gasteiger partial charge is 0.212 e. The van der Waals surface area contributed by atoms with Crippen LogP contribution in [0.1, 0.15) is 41.4 Å². The Morgan fingerprint density at radius 1 is 1.29 bits per heavy atom. The Balaban J connectivity index is 2.10. The Morgan fingerprint density at radius 3 is 2.76 bits per heavy atom. The molecule has 0 aliphatic heterocycles. The Bertz CT molecular complexity index is 551. The highest BCUT2D eigenvalue weighted by atomic mass is 32.1. The summed E-state index contributed by atoms with van der Waals surface area (Å²) < 4.78 is 5.09. The minimum Gasteiger partial charge on any atom is -0.481 e. The van der Waals surface area contributed by atoms with Crippen molar-refractivity contribution in [3.8, 4) is 5.88 Å². The molecule has 2 aromatic heterocycles. The van der Waals surface area contributed by atoms with Gasteiger partial charge in [0.15, 0.2) is 0 Å². The van der Waals surface area contributed by atoms with Gasteiger partial charge < -0.3 is 10.1 Å². The number of methoxy groups -OCH3 is 1. The fraction of sp³-hybridized carbons (Fsp3) is 0.500. The summed E-state index contributed by atoms with van der Waals surface area (Å²) in [6.07, 6.45) is 4.89. The van der Waals surface area contributed by atoms with Crippen molar-refractivity contribution in [2.45, 2.75) is 39.7 Å². The molecule has 0 amide bonds. The van der Waals surface area contributed by atoms with E-state index in [9.17, 15) is 0 Å². The van der Waals surface area contributed by atoms with Gasteiger partial charge in [0.1, 0.15) is 0 Å². The summed E-state index contributed by atoms with van der Waals surface area (Å²) in [5.74, 6) is 0.650. The summed E-state index contributed by atoms with van der Waals surface area (Å²) in [7, 11) is 1.63. The lowest BCUT2D eigenvalue weighted by Crippen LogP contribution is -2.11. The summed E-state index contributed by atoms with van der Waals surface area (Å²) in [5, 5.41) is 4.56. The predicted octanol–water partition coefficient (Wildman–Crippen LogP) is 3.20. The maximum Gasteiger partial charge on any atom is 0.212 e. The van der Waals surface area contributed by atoms with E-state index in [-0.39, 0.29) is 0 Å². The van der Waals surface area contributed by atoms with Crippen LogP contribution in [0.4, 0.5) is 0 Å². The molecule has 0 fully saturated rings. The van der Waals surface area contributed by atoms with Crippen molar-refractivity contribution < 1.29 is 4.74 Å². The van der Waals surface area contributed by atoms with Crippen LogP contribution in [0.15, 0.2) is 18.3 Å². The summed E-state index contributed by atoms with van der Waals surface area (Å²) in [6.45, 7) is 6.24. The van der Waals surface area contributed by atoms with Gasteiger partial charge in [-0.3, -0.25) is 0 Å². The highest BCUT2D eigenvalue weighted by molar-refractivity contribution is 7.11. The van der Waals surface area contributed by atoms with E-state index in [0.29, 0.717) is 5.88 Å². The number of aromatic nitrogens is 2. The third-order valence-electron chi connectivity index (χ3n) is 3.21. The average Bonchev–Trinajstić information content (AvgIpc) is 2.88. The maximum absolute atomic E-state index is 5.09. The number of rotatable bonds is 8. The first-order valence-electron chi connectivity index (χ1n) is 7.43. The van der Waals surface area contributed by atoms with E-state index in [0.717, 1.165) is 32.4 Å². The molecule has 4 nitrogen and oxygen atoms in total. The van der Waals surface area contributed by atoms with Crippen LogP contribution in [0.3, 0.4) is 0 Å². The SMILES string of the molecule is CCCc1nc(Cc2ccc(OC)nc2)sc1CNCC. The van der Waals surface area contributed by atoms with Crippen LogP contribution in [0, 0.1) is 0 Å². The van der Waals surface area contributed by atoms with Gasteiger partial charge in [-0.15, -0.1) is 11.3 Å². The number of thiazole rings is 1. The largest absolute Gasteiger partial charge is 0.481 e. The molecule has 0 aliphatic rings. The molecule has 2 rings (SSSR count).